The van der Waals surface area contributed by atoms with Gasteiger partial charge in [0.15, 0.2) is 0 Å². The second-order valence-electron chi connectivity index (χ2n) is 5.75. The average molecular weight is 224 g/mol. The molecule has 3 N–H and O–H groups in total. The molecular formula is C13H24N2O. The zero-order valence-electron chi connectivity index (χ0n) is 10.2. The summed E-state index contributed by atoms with van der Waals surface area (Å²) in [5.41, 5.74) is 5.64. The van der Waals surface area contributed by atoms with Gasteiger partial charge < -0.3 is 11.1 Å². The van der Waals surface area contributed by atoms with Crippen LogP contribution in [0.5, 0.6) is 0 Å². The summed E-state index contributed by atoms with van der Waals surface area (Å²) in [7, 11) is 0. The van der Waals surface area contributed by atoms with E-state index < -0.39 is 0 Å². The van der Waals surface area contributed by atoms with E-state index in [-0.39, 0.29) is 11.9 Å². The second kappa shape index (κ2) is 5.17. The molecular weight excluding hydrogens is 200 g/mol. The first-order valence-electron chi connectivity index (χ1n) is 6.67. The van der Waals surface area contributed by atoms with Crippen molar-refractivity contribution < 1.29 is 4.79 Å². The first-order chi connectivity index (χ1) is 7.65. The fourth-order valence-corrected chi connectivity index (χ4v) is 3.38. The molecule has 92 valence electrons. The number of amides is 1. The van der Waals surface area contributed by atoms with Crippen molar-refractivity contribution >= 4 is 5.91 Å². The molecule has 2 saturated carbocycles. The summed E-state index contributed by atoms with van der Waals surface area (Å²) in [5, 5.41) is 2.98. The van der Waals surface area contributed by atoms with Crippen molar-refractivity contribution in [2.75, 3.05) is 6.54 Å². The predicted octanol–water partition coefficient (Wildman–Crippen LogP) is 1.67. The van der Waals surface area contributed by atoms with E-state index in [4.69, 9.17) is 5.73 Å². The summed E-state index contributed by atoms with van der Waals surface area (Å²) in [6.45, 7) is 2.71. The van der Waals surface area contributed by atoms with Gasteiger partial charge >= 0.3 is 0 Å². The zero-order chi connectivity index (χ0) is 11.5. The number of nitrogens with one attached hydrogen (secondary N) is 1. The van der Waals surface area contributed by atoms with Gasteiger partial charge in [0.05, 0.1) is 0 Å². The van der Waals surface area contributed by atoms with Crippen LogP contribution in [0.15, 0.2) is 0 Å². The molecule has 2 rings (SSSR count). The molecule has 0 aromatic rings. The molecule has 1 amide bonds. The van der Waals surface area contributed by atoms with Crippen LogP contribution in [0.2, 0.25) is 0 Å². The SMILES string of the molecule is CC(N)CCNC(=O)CC1CC2CCC1C2. The first-order valence-corrected chi connectivity index (χ1v) is 6.67. The number of hydrogen-bond donors (Lipinski definition) is 2. The van der Waals surface area contributed by atoms with Crippen LogP contribution in [0.25, 0.3) is 0 Å². The Balaban J connectivity index is 1.64. The van der Waals surface area contributed by atoms with Gasteiger partial charge in [-0.2, -0.15) is 0 Å². The lowest BCUT2D eigenvalue weighted by atomic mass is 9.86. The Morgan fingerprint density at radius 3 is 2.81 bits per heavy atom. The van der Waals surface area contributed by atoms with Crippen molar-refractivity contribution in [1.29, 1.82) is 0 Å². The highest BCUT2D eigenvalue weighted by Crippen LogP contribution is 2.49. The van der Waals surface area contributed by atoms with E-state index in [1.165, 1.54) is 25.7 Å². The number of fused-ring (bicyclic) bond motifs is 2. The molecule has 0 heterocycles. The Labute approximate surface area is 98.2 Å². The van der Waals surface area contributed by atoms with Crippen molar-refractivity contribution in [2.24, 2.45) is 23.5 Å². The van der Waals surface area contributed by atoms with E-state index in [2.05, 4.69) is 5.32 Å². The van der Waals surface area contributed by atoms with Gasteiger partial charge in [-0.25, -0.2) is 0 Å². The van der Waals surface area contributed by atoms with Gasteiger partial charge in [-0.05, 0) is 50.4 Å². The van der Waals surface area contributed by atoms with Gasteiger partial charge in [0.1, 0.15) is 0 Å². The smallest absolute Gasteiger partial charge is 0.220 e. The lowest BCUT2D eigenvalue weighted by Gasteiger charge is -2.21. The lowest BCUT2D eigenvalue weighted by molar-refractivity contribution is -0.122. The maximum absolute atomic E-state index is 11.7. The molecule has 2 fully saturated rings. The fourth-order valence-electron chi connectivity index (χ4n) is 3.38. The number of carbonyl (C=O) groups excluding carboxylic acids is 1. The van der Waals surface area contributed by atoms with Gasteiger partial charge in [-0.3, -0.25) is 4.79 Å². The first kappa shape index (κ1) is 11.9. The fraction of sp³-hybridized carbons (Fsp3) is 0.923. The monoisotopic (exact) mass is 224 g/mol. The van der Waals surface area contributed by atoms with Crippen LogP contribution in [-0.4, -0.2) is 18.5 Å². The molecule has 0 saturated heterocycles. The topological polar surface area (TPSA) is 55.1 Å². The summed E-state index contributed by atoms with van der Waals surface area (Å²) in [6.07, 6.45) is 7.08. The van der Waals surface area contributed by atoms with Crippen LogP contribution in [0.1, 0.15) is 45.4 Å². The molecule has 0 aromatic heterocycles. The van der Waals surface area contributed by atoms with Gasteiger partial charge in [-0.1, -0.05) is 6.42 Å². The highest BCUT2D eigenvalue weighted by Gasteiger charge is 2.39. The second-order valence-corrected chi connectivity index (χ2v) is 5.75. The van der Waals surface area contributed by atoms with Crippen LogP contribution in [0.3, 0.4) is 0 Å². The Morgan fingerprint density at radius 1 is 1.44 bits per heavy atom. The Morgan fingerprint density at radius 2 is 2.25 bits per heavy atom. The third kappa shape index (κ3) is 2.97. The molecule has 0 aliphatic heterocycles. The zero-order valence-corrected chi connectivity index (χ0v) is 10.2. The van der Waals surface area contributed by atoms with Gasteiger partial charge in [0.25, 0.3) is 0 Å². The average Bonchev–Trinajstić information content (AvgIpc) is 2.78. The van der Waals surface area contributed by atoms with Gasteiger partial charge in [0, 0.05) is 19.0 Å². The third-order valence-corrected chi connectivity index (χ3v) is 4.25. The van der Waals surface area contributed by atoms with E-state index in [9.17, 15) is 4.79 Å². The minimum absolute atomic E-state index is 0.183. The van der Waals surface area contributed by atoms with Crippen LogP contribution in [0, 0.1) is 17.8 Å². The number of carbonyl (C=O) groups is 1. The minimum Gasteiger partial charge on any atom is -0.356 e. The quantitative estimate of drug-likeness (QED) is 0.746. The van der Waals surface area contributed by atoms with Crippen LogP contribution < -0.4 is 11.1 Å². The van der Waals surface area contributed by atoms with E-state index in [0.717, 1.165) is 31.2 Å². The molecule has 2 aliphatic rings. The Hall–Kier alpha value is -0.570. The maximum atomic E-state index is 11.7. The standard InChI is InChI=1S/C13H24N2O/c1-9(14)4-5-15-13(16)8-12-7-10-2-3-11(12)6-10/h9-12H,2-8,14H2,1H3,(H,15,16). The summed E-state index contributed by atoms with van der Waals surface area (Å²) in [5.74, 6) is 2.70. The highest BCUT2D eigenvalue weighted by atomic mass is 16.1. The van der Waals surface area contributed by atoms with Crippen molar-refractivity contribution in [3.05, 3.63) is 0 Å². The van der Waals surface area contributed by atoms with Crippen LogP contribution in [0.4, 0.5) is 0 Å². The van der Waals surface area contributed by atoms with Gasteiger partial charge in [-0.15, -0.1) is 0 Å². The normalized spacial score (nSPS) is 34.0. The number of nitrogens with two attached hydrogens (primary N) is 1. The predicted molar refractivity (Wildman–Crippen MR) is 64.8 cm³/mol. The molecule has 0 aromatic carbocycles. The Bertz CT molecular complexity index is 252. The molecule has 3 heteroatoms. The summed E-state index contributed by atoms with van der Waals surface area (Å²) >= 11 is 0. The van der Waals surface area contributed by atoms with Crippen molar-refractivity contribution in [3.8, 4) is 0 Å². The summed E-state index contributed by atoms with van der Waals surface area (Å²) < 4.78 is 0. The summed E-state index contributed by atoms with van der Waals surface area (Å²) in [4.78, 5) is 11.7. The maximum Gasteiger partial charge on any atom is 0.220 e. The third-order valence-electron chi connectivity index (χ3n) is 4.25. The molecule has 16 heavy (non-hydrogen) atoms. The van der Waals surface area contributed by atoms with Crippen LogP contribution >= 0.6 is 0 Å². The number of hydrogen-bond acceptors (Lipinski definition) is 2. The molecule has 0 spiro atoms. The highest BCUT2D eigenvalue weighted by molar-refractivity contribution is 5.76. The molecule has 2 bridgehead atoms. The summed E-state index contributed by atoms with van der Waals surface area (Å²) in [6, 6.07) is 0.183. The number of rotatable bonds is 5. The van der Waals surface area contributed by atoms with E-state index >= 15 is 0 Å². The van der Waals surface area contributed by atoms with E-state index in [1.54, 1.807) is 0 Å². The van der Waals surface area contributed by atoms with Crippen molar-refractivity contribution in [2.45, 2.75) is 51.5 Å². The van der Waals surface area contributed by atoms with E-state index in [0.29, 0.717) is 5.92 Å². The minimum atomic E-state index is 0.183. The van der Waals surface area contributed by atoms with Gasteiger partial charge in [0.2, 0.25) is 5.91 Å². The molecule has 2 aliphatic carbocycles. The largest absolute Gasteiger partial charge is 0.356 e. The van der Waals surface area contributed by atoms with Crippen LogP contribution in [-0.2, 0) is 4.79 Å². The van der Waals surface area contributed by atoms with E-state index in [1.807, 2.05) is 6.92 Å². The molecule has 0 radical (unpaired) electrons. The molecule has 3 nitrogen and oxygen atoms in total. The molecule has 4 unspecified atom stereocenters. The lowest BCUT2D eigenvalue weighted by Crippen LogP contribution is -2.31. The van der Waals surface area contributed by atoms with Crippen molar-refractivity contribution in [1.82, 2.24) is 5.32 Å². The Kier molecular flexibility index (Phi) is 3.85. The molecule has 4 atom stereocenters. The van der Waals surface area contributed by atoms with Crippen molar-refractivity contribution in [3.63, 3.8) is 0 Å².